The van der Waals surface area contributed by atoms with Crippen LogP contribution in [-0.4, -0.2) is 32.1 Å². The number of non-ortho nitro benzene ring substituents is 2. The molecule has 0 saturated carbocycles. The average Bonchev–Trinajstić information content (AvgIpc) is 3.21. The normalized spacial score (nSPS) is 10.6. The van der Waals surface area contributed by atoms with Crippen molar-refractivity contribution in [1.82, 2.24) is 0 Å². The quantitative estimate of drug-likeness (QED) is 0.0252. The molecule has 17 heteroatoms. The fourth-order valence-corrected chi connectivity index (χ4v) is 8.00. The molecule has 0 aliphatic heterocycles. The summed E-state index contributed by atoms with van der Waals surface area (Å²) in [5.41, 5.74) is 4.19. The van der Waals surface area contributed by atoms with Gasteiger partial charge in [0.15, 0.2) is 5.78 Å². The lowest BCUT2D eigenvalue weighted by molar-refractivity contribution is -0.385. The number of ketones is 1. The number of benzene rings is 6. The largest absolute Gasteiger partial charge is 0.506 e. The third-order valence-corrected chi connectivity index (χ3v) is 11.7. The van der Waals surface area contributed by atoms with Crippen LogP contribution >= 0.6 is 58.3 Å². The van der Waals surface area contributed by atoms with Crippen molar-refractivity contribution >= 4 is 93.1 Å². The van der Waals surface area contributed by atoms with Gasteiger partial charge in [-0.15, -0.1) is 0 Å². The van der Waals surface area contributed by atoms with E-state index >= 15 is 0 Å². The molecule has 0 radical (unpaired) electrons. The van der Waals surface area contributed by atoms with E-state index in [1.807, 2.05) is 43.3 Å². The average molecular weight is 906 g/mol. The third kappa shape index (κ3) is 12.4. The van der Waals surface area contributed by atoms with Gasteiger partial charge in [0.05, 0.1) is 25.5 Å². The van der Waals surface area contributed by atoms with Gasteiger partial charge in [-0.2, -0.15) is 0 Å². The molecule has 4 N–H and O–H groups in total. The highest BCUT2D eigenvalue weighted by atomic mass is 35.5. The predicted octanol–water partition coefficient (Wildman–Crippen LogP) is 12.3. The summed E-state index contributed by atoms with van der Waals surface area (Å²) in [6.45, 7) is 3.89. The van der Waals surface area contributed by atoms with Crippen LogP contribution in [0.3, 0.4) is 0 Å². The topological polar surface area (TPSA) is 185 Å². The Kier molecular flexibility index (Phi) is 15.8. The number of nitrogens with one attached hydrogen (secondary N) is 2. The summed E-state index contributed by atoms with van der Waals surface area (Å²) in [6, 6.07) is 30.9. The number of hydrogen-bond acceptors (Lipinski definition) is 12. The van der Waals surface area contributed by atoms with Crippen LogP contribution in [0.4, 0.5) is 22.7 Å². The molecular formula is C43H35Cl3N4O8S2. The number of phenols is 2. The summed E-state index contributed by atoms with van der Waals surface area (Å²) >= 11 is 21.0. The zero-order valence-corrected chi connectivity index (χ0v) is 35.7. The summed E-state index contributed by atoms with van der Waals surface area (Å²) in [6.07, 6.45) is 0.721. The summed E-state index contributed by atoms with van der Waals surface area (Å²) in [7, 11) is 0. The lowest BCUT2D eigenvalue weighted by Gasteiger charge is -2.13. The fourth-order valence-electron chi connectivity index (χ4n) is 5.56. The number of nitro benzene ring substituents is 2. The molecule has 60 heavy (non-hydrogen) atoms. The summed E-state index contributed by atoms with van der Waals surface area (Å²) in [5, 5.41) is 49.4. The van der Waals surface area contributed by atoms with Gasteiger partial charge >= 0.3 is 0 Å². The van der Waals surface area contributed by atoms with Gasteiger partial charge < -0.3 is 25.6 Å². The van der Waals surface area contributed by atoms with Crippen molar-refractivity contribution in [1.29, 1.82) is 0 Å². The molecule has 0 aliphatic rings. The predicted molar refractivity (Wildman–Crippen MR) is 238 cm³/mol. The van der Waals surface area contributed by atoms with Gasteiger partial charge in [0.2, 0.25) is 0 Å². The Morgan fingerprint density at radius 2 is 1.13 bits per heavy atom. The van der Waals surface area contributed by atoms with Gasteiger partial charge in [0.25, 0.3) is 11.4 Å². The molecule has 0 fully saturated rings. The number of nitro groups is 2. The van der Waals surface area contributed by atoms with Crippen LogP contribution in [0.5, 0.6) is 11.5 Å². The highest BCUT2D eigenvalue weighted by Gasteiger charge is 2.16. The Balaban J connectivity index is 0.000000228. The second-order valence-corrected chi connectivity index (χ2v) is 16.5. The van der Waals surface area contributed by atoms with Crippen molar-refractivity contribution in [3.8, 4) is 11.5 Å². The lowest BCUT2D eigenvalue weighted by Crippen LogP contribution is -2.04. The van der Waals surface area contributed by atoms with Crippen molar-refractivity contribution in [3.63, 3.8) is 0 Å². The minimum absolute atomic E-state index is 0.00504. The first-order valence-corrected chi connectivity index (χ1v) is 20.6. The van der Waals surface area contributed by atoms with E-state index in [1.165, 1.54) is 66.8 Å². The van der Waals surface area contributed by atoms with Crippen LogP contribution in [0.2, 0.25) is 15.1 Å². The van der Waals surface area contributed by atoms with Crippen molar-refractivity contribution in [2.45, 2.75) is 52.9 Å². The first-order valence-electron chi connectivity index (χ1n) is 17.8. The molecule has 0 aromatic heterocycles. The molecular weight excluding hydrogens is 871 g/mol. The minimum Gasteiger partial charge on any atom is -0.506 e. The molecule has 6 aromatic rings. The molecule has 0 saturated heterocycles. The van der Waals surface area contributed by atoms with Crippen molar-refractivity contribution < 1.29 is 29.6 Å². The molecule has 308 valence electrons. The maximum atomic E-state index is 11.7. The summed E-state index contributed by atoms with van der Waals surface area (Å²) < 4.78 is 0. The summed E-state index contributed by atoms with van der Waals surface area (Å²) in [4.78, 5) is 47.8. The Morgan fingerprint density at radius 3 is 1.60 bits per heavy atom. The molecule has 0 amide bonds. The van der Waals surface area contributed by atoms with Crippen LogP contribution in [0.25, 0.3) is 0 Å². The van der Waals surface area contributed by atoms with Crippen molar-refractivity contribution in [2.75, 3.05) is 10.6 Å². The highest BCUT2D eigenvalue weighted by molar-refractivity contribution is 7.99. The molecule has 6 aromatic carbocycles. The maximum absolute atomic E-state index is 11.7. The summed E-state index contributed by atoms with van der Waals surface area (Å²) in [5.74, 6) is -0.725. The number of aromatic hydroxyl groups is 2. The number of rotatable bonds is 15. The fraction of sp³-hybridized carbons (Fsp3) is 0.116. The molecule has 0 atom stereocenters. The third-order valence-electron chi connectivity index (χ3n) is 8.65. The zero-order valence-electron chi connectivity index (χ0n) is 31.8. The van der Waals surface area contributed by atoms with E-state index in [-0.39, 0.29) is 57.2 Å². The first kappa shape index (κ1) is 45.3. The molecule has 0 spiro atoms. The SMILES string of the molecule is CC(=O)c1cc(NCc2cc([N+](=O)[O-])ccc2Sc2ccc(Cl)cc2)cc(Cl)c1O.Cc1ccc(Sc2ccc([N+](=O)[O-])cc2CNc2cc(Cl)c(O)c(CC=O)c2)cc1. The second kappa shape index (κ2) is 21.0. The number of carbonyl (C=O) groups is 2. The standard InChI is InChI=1S/C22H19ClN2O4S.C21H16Cl2N2O4S/c1-14-2-5-19(6-3-14)30-21-7-4-18(25(28)29)11-16(21)13-24-17-10-15(8-9-26)22(27)20(23)12-17;1-12(26)18-9-15(10-19(23)21(18)27)24-11-13-8-16(25(28)29)4-7-20(13)30-17-5-2-14(22)3-6-17/h2-7,9-12,24,27H,8,13H2,1H3;2-10,24,27H,11H2,1H3. The van der Waals surface area contributed by atoms with Crippen LogP contribution < -0.4 is 10.6 Å². The monoisotopic (exact) mass is 904 g/mol. The molecule has 12 nitrogen and oxygen atoms in total. The van der Waals surface area contributed by atoms with E-state index in [0.29, 0.717) is 40.4 Å². The molecule has 0 unspecified atom stereocenters. The van der Waals surface area contributed by atoms with E-state index in [9.17, 15) is 40.0 Å². The van der Waals surface area contributed by atoms with Crippen LogP contribution in [0.15, 0.2) is 129 Å². The number of aldehydes is 1. The molecule has 0 aliphatic carbocycles. The molecule has 6 rings (SSSR count). The number of hydrogen-bond donors (Lipinski definition) is 4. The number of aryl methyl sites for hydroxylation is 1. The van der Waals surface area contributed by atoms with Gasteiger partial charge in [-0.3, -0.25) is 25.0 Å². The Hall–Kier alpha value is -5.77. The number of phenolic OH excluding ortho intramolecular Hbond substituents is 2. The minimum atomic E-state index is -0.453. The number of carbonyl (C=O) groups excluding carboxylic acids is 2. The Morgan fingerprint density at radius 1 is 0.667 bits per heavy atom. The Labute approximate surface area is 368 Å². The highest BCUT2D eigenvalue weighted by Crippen LogP contribution is 2.37. The van der Waals surface area contributed by atoms with Crippen LogP contribution in [-0.2, 0) is 24.3 Å². The molecule has 0 heterocycles. The number of Topliss-reactive ketones (excluding diaryl/α,β-unsaturated/α-hetero) is 1. The maximum Gasteiger partial charge on any atom is 0.269 e. The van der Waals surface area contributed by atoms with Gasteiger partial charge in [-0.25, -0.2) is 0 Å². The van der Waals surface area contributed by atoms with E-state index in [1.54, 1.807) is 36.4 Å². The lowest BCUT2D eigenvalue weighted by atomic mass is 10.1. The number of anilines is 2. The smallest absolute Gasteiger partial charge is 0.269 e. The van der Waals surface area contributed by atoms with E-state index < -0.39 is 9.85 Å². The zero-order chi connectivity index (χ0) is 43.5. The van der Waals surface area contributed by atoms with Crippen molar-refractivity contribution in [2.24, 2.45) is 0 Å². The van der Waals surface area contributed by atoms with Gasteiger partial charge in [0, 0.05) is 85.3 Å². The van der Waals surface area contributed by atoms with E-state index in [4.69, 9.17) is 34.8 Å². The van der Waals surface area contributed by atoms with Gasteiger partial charge in [-0.05, 0) is 97.8 Å². The first-order chi connectivity index (χ1) is 28.6. The molecule has 0 bridgehead atoms. The number of nitrogens with zero attached hydrogens (tertiary/aromatic N) is 2. The Bertz CT molecular complexity index is 2560. The van der Waals surface area contributed by atoms with Crippen LogP contribution in [0, 0.1) is 27.2 Å². The van der Waals surface area contributed by atoms with Gasteiger partial charge in [0.1, 0.15) is 17.8 Å². The van der Waals surface area contributed by atoms with E-state index in [2.05, 4.69) is 10.6 Å². The number of halogens is 3. The second-order valence-electron chi connectivity index (χ2n) is 13.0. The van der Waals surface area contributed by atoms with Crippen molar-refractivity contribution in [3.05, 3.63) is 172 Å². The van der Waals surface area contributed by atoms with E-state index in [0.717, 1.165) is 30.7 Å². The van der Waals surface area contributed by atoms with Gasteiger partial charge in [-0.1, -0.05) is 76.0 Å². The van der Waals surface area contributed by atoms with Crippen LogP contribution in [0.1, 0.15) is 39.5 Å².